The first-order valence-corrected chi connectivity index (χ1v) is 7.39. The molecule has 2 rings (SSSR count). The maximum Gasteiger partial charge on any atom is 0.348 e. The summed E-state index contributed by atoms with van der Waals surface area (Å²) in [7, 11) is 0. The number of nitriles is 2. The lowest BCUT2D eigenvalue weighted by Crippen LogP contribution is -2.06. The monoisotopic (exact) mass is 324 g/mol. The second-order valence-corrected chi connectivity index (χ2v) is 4.90. The summed E-state index contributed by atoms with van der Waals surface area (Å²) < 4.78 is 12.0. The van der Waals surface area contributed by atoms with Crippen molar-refractivity contribution in [2.24, 2.45) is 0 Å². The summed E-state index contributed by atoms with van der Waals surface area (Å²) in [5, 5.41) is 22.3. The third kappa shape index (κ3) is 3.90. The molecular formula is C17H16N4O3. The van der Waals surface area contributed by atoms with Gasteiger partial charge in [0.2, 0.25) is 0 Å². The van der Waals surface area contributed by atoms with Crippen LogP contribution < -0.4 is 0 Å². The molecule has 0 aliphatic rings. The second kappa shape index (κ2) is 7.80. The summed E-state index contributed by atoms with van der Waals surface area (Å²) in [6.45, 7) is 4.07. The molecule has 0 N–H and O–H groups in total. The molecular weight excluding hydrogens is 308 g/mol. The molecule has 0 atom stereocenters. The van der Waals surface area contributed by atoms with Gasteiger partial charge in [0.05, 0.1) is 25.6 Å². The van der Waals surface area contributed by atoms with Crippen LogP contribution in [0, 0.1) is 29.6 Å². The minimum Gasteiger partial charge on any atom is -0.462 e. The maximum atomic E-state index is 11.8. The zero-order valence-electron chi connectivity index (χ0n) is 13.4. The van der Waals surface area contributed by atoms with Crippen LogP contribution in [-0.4, -0.2) is 22.4 Å². The number of ether oxygens (including phenoxy) is 1. The predicted octanol–water partition coefficient (Wildman–Crippen LogP) is 2.84. The van der Waals surface area contributed by atoms with Crippen molar-refractivity contribution in [2.75, 3.05) is 6.61 Å². The van der Waals surface area contributed by atoms with Crippen LogP contribution in [0.4, 0.5) is 0 Å². The van der Waals surface area contributed by atoms with Gasteiger partial charge in [-0.05, 0) is 32.1 Å². The van der Waals surface area contributed by atoms with E-state index in [1.165, 1.54) is 6.08 Å². The lowest BCUT2D eigenvalue weighted by Gasteiger charge is -1.99. The van der Waals surface area contributed by atoms with E-state index in [0.29, 0.717) is 30.0 Å². The molecule has 0 spiro atoms. The van der Waals surface area contributed by atoms with E-state index in [4.69, 9.17) is 14.4 Å². The van der Waals surface area contributed by atoms with E-state index in [2.05, 4.69) is 5.10 Å². The topological polar surface area (TPSA) is 105 Å². The first-order valence-electron chi connectivity index (χ1n) is 7.39. The predicted molar refractivity (Wildman–Crippen MR) is 85.1 cm³/mol. The van der Waals surface area contributed by atoms with Gasteiger partial charge in [0.25, 0.3) is 0 Å². The fraction of sp³-hybridized carbons (Fsp3) is 0.294. The van der Waals surface area contributed by atoms with E-state index >= 15 is 0 Å². The summed E-state index contributed by atoms with van der Waals surface area (Å²) in [6.07, 6.45) is 3.38. The molecule has 0 bridgehead atoms. The van der Waals surface area contributed by atoms with Crippen molar-refractivity contribution < 1.29 is 13.9 Å². The highest BCUT2D eigenvalue weighted by Gasteiger charge is 2.16. The summed E-state index contributed by atoms with van der Waals surface area (Å²) in [5.74, 6) is 0.555. The Morgan fingerprint density at radius 3 is 2.83 bits per heavy atom. The largest absolute Gasteiger partial charge is 0.462 e. The van der Waals surface area contributed by atoms with Gasteiger partial charge < -0.3 is 9.15 Å². The van der Waals surface area contributed by atoms with Gasteiger partial charge in [-0.1, -0.05) is 0 Å². The fourth-order valence-electron chi connectivity index (χ4n) is 2.08. The molecule has 2 aromatic heterocycles. The van der Waals surface area contributed by atoms with E-state index in [0.717, 1.165) is 5.76 Å². The van der Waals surface area contributed by atoms with Crippen LogP contribution in [0.25, 0.3) is 17.5 Å². The van der Waals surface area contributed by atoms with Crippen LogP contribution >= 0.6 is 0 Å². The number of rotatable bonds is 6. The minimum atomic E-state index is -0.689. The summed E-state index contributed by atoms with van der Waals surface area (Å²) in [5.41, 5.74) is 0.922. The Morgan fingerprint density at radius 2 is 2.25 bits per heavy atom. The number of aromatic nitrogens is 2. The SMILES string of the molecule is CCOC(=O)C(C#N)=Cc1cn(CCC#N)nc1-c1ccc(C)o1. The molecule has 2 aromatic rings. The number of carbonyl (C=O) groups is 1. The highest BCUT2D eigenvalue weighted by Crippen LogP contribution is 2.26. The Kier molecular flexibility index (Phi) is 5.54. The van der Waals surface area contributed by atoms with Crippen LogP contribution in [0.2, 0.25) is 0 Å². The van der Waals surface area contributed by atoms with Gasteiger partial charge in [0.15, 0.2) is 5.76 Å². The number of nitrogens with zero attached hydrogens (tertiary/aromatic N) is 4. The third-order valence-corrected chi connectivity index (χ3v) is 3.13. The number of hydrogen-bond donors (Lipinski definition) is 0. The van der Waals surface area contributed by atoms with Crippen molar-refractivity contribution in [3.8, 4) is 23.6 Å². The molecule has 7 nitrogen and oxygen atoms in total. The molecule has 0 saturated carbocycles. The van der Waals surface area contributed by atoms with Crippen LogP contribution in [0.1, 0.15) is 24.7 Å². The lowest BCUT2D eigenvalue weighted by molar-refractivity contribution is -0.137. The van der Waals surface area contributed by atoms with Crippen molar-refractivity contribution in [2.45, 2.75) is 26.8 Å². The normalized spacial score (nSPS) is 10.9. The molecule has 0 aliphatic heterocycles. The quantitative estimate of drug-likeness (QED) is 0.459. The number of carbonyl (C=O) groups excluding carboxylic acids is 1. The smallest absolute Gasteiger partial charge is 0.348 e. The molecule has 122 valence electrons. The van der Waals surface area contributed by atoms with Crippen LogP contribution in [0.3, 0.4) is 0 Å². The summed E-state index contributed by atoms with van der Waals surface area (Å²) in [6, 6.07) is 7.45. The van der Waals surface area contributed by atoms with Crippen molar-refractivity contribution >= 4 is 12.0 Å². The third-order valence-electron chi connectivity index (χ3n) is 3.13. The molecule has 0 saturated heterocycles. The highest BCUT2D eigenvalue weighted by molar-refractivity contribution is 5.98. The lowest BCUT2D eigenvalue weighted by atomic mass is 10.1. The van der Waals surface area contributed by atoms with Gasteiger partial charge in [-0.15, -0.1) is 0 Å². The molecule has 0 amide bonds. The zero-order chi connectivity index (χ0) is 17.5. The number of hydrogen-bond acceptors (Lipinski definition) is 6. The molecule has 0 unspecified atom stereocenters. The first kappa shape index (κ1) is 17.0. The molecule has 24 heavy (non-hydrogen) atoms. The van der Waals surface area contributed by atoms with Gasteiger partial charge in [0, 0.05) is 11.8 Å². The van der Waals surface area contributed by atoms with Gasteiger partial charge >= 0.3 is 5.97 Å². The zero-order valence-corrected chi connectivity index (χ0v) is 13.4. The van der Waals surface area contributed by atoms with Crippen molar-refractivity contribution in [3.05, 3.63) is 35.2 Å². The van der Waals surface area contributed by atoms with Gasteiger partial charge in [0.1, 0.15) is 23.1 Å². The van der Waals surface area contributed by atoms with E-state index < -0.39 is 5.97 Å². The van der Waals surface area contributed by atoms with Gasteiger partial charge in [-0.2, -0.15) is 15.6 Å². The molecule has 0 aromatic carbocycles. The summed E-state index contributed by atoms with van der Waals surface area (Å²) >= 11 is 0. The standard InChI is InChI=1S/C17H16N4O3/c1-3-23-17(22)13(10-19)9-14-11-21(8-4-7-18)20-16(14)15-6-5-12(2)24-15/h5-6,9,11H,3-4,8H2,1-2H3. The number of esters is 1. The number of aryl methyl sites for hydroxylation is 2. The average Bonchev–Trinajstić information content (AvgIpc) is 3.16. The molecule has 0 fully saturated rings. The maximum absolute atomic E-state index is 11.8. The Bertz CT molecular complexity index is 846. The van der Waals surface area contributed by atoms with Crippen molar-refractivity contribution in [1.29, 1.82) is 10.5 Å². The van der Waals surface area contributed by atoms with E-state index in [1.54, 1.807) is 29.9 Å². The molecule has 0 radical (unpaired) electrons. The van der Waals surface area contributed by atoms with Crippen LogP contribution in [0.15, 0.2) is 28.3 Å². The number of furan rings is 1. The van der Waals surface area contributed by atoms with Gasteiger partial charge in [-0.25, -0.2) is 4.79 Å². The molecule has 0 aliphatic carbocycles. The molecule has 2 heterocycles. The van der Waals surface area contributed by atoms with Crippen molar-refractivity contribution in [1.82, 2.24) is 9.78 Å². The van der Waals surface area contributed by atoms with Crippen LogP contribution in [-0.2, 0) is 16.1 Å². The van der Waals surface area contributed by atoms with Gasteiger partial charge in [-0.3, -0.25) is 4.68 Å². The minimum absolute atomic E-state index is 0.124. The van der Waals surface area contributed by atoms with E-state index in [-0.39, 0.29) is 12.2 Å². The average molecular weight is 324 g/mol. The Hall–Kier alpha value is -3.32. The van der Waals surface area contributed by atoms with Crippen molar-refractivity contribution in [3.63, 3.8) is 0 Å². The Balaban J connectivity index is 2.47. The Morgan fingerprint density at radius 1 is 1.46 bits per heavy atom. The molecule has 7 heteroatoms. The van der Waals surface area contributed by atoms with E-state index in [9.17, 15) is 10.1 Å². The Labute approximate surface area is 139 Å². The van der Waals surface area contributed by atoms with E-state index in [1.807, 2.05) is 19.1 Å². The fourth-order valence-corrected chi connectivity index (χ4v) is 2.08. The highest BCUT2D eigenvalue weighted by atomic mass is 16.5. The second-order valence-electron chi connectivity index (χ2n) is 4.90. The summed E-state index contributed by atoms with van der Waals surface area (Å²) in [4.78, 5) is 11.8. The van der Waals surface area contributed by atoms with Crippen LogP contribution in [0.5, 0.6) is 0 Å². The first-order chi connectivity index (χ1) is 11.6.